The Hall–Kier alpha value is -0.580. The lowest BCUT2D eigenvalue weighted by molar-refractivity contribution is -0.254. The standard InChI is InChI=1S/C7H3ClO2S2/c8-6-2-4-3(12-6)1-5(11-4)7(9)10/h1-2H,(H,9,10)/p-1. The topological polar surface area (TPSA) is 40.1 Å². The van der Waals surface area contributed by atoms with Gasteiger partial charge in [0.1, 0.15) is 0 Å². The maximum Gasteiger partial charge on any atom is 0.0949 e. The van der Waals surface area contributed by atoms with Crippen molar-refractivity contribution in [3.05, 3.63) is 21.3 Å². The second kappa shape index (κ2) is 2.73. The average molecular weight is 218 g/mol. The number of carbonyl (C=O) groups is 1. The van der Waals surface area contributed by atoms with Crippen LogP contribution in [0.2, 0.25) is 4.34 Å². The second-order valence-corrected chi connectivity index (χ2v) is 4.98. The van der Waals surface area contributed by atoms with E-state index in [4.69, 9.17) is 11.6 Å². The molecule has 0 amide bonds. The van der Waals surface area contributed by atoms with E-state index in [1.807, 2.05) is 0 Å². The number of fused-ring (bicyclic) bond motifs is 1. The zero-order valence-electron chi connectivity index (χ0n) is 5.67. The molecule has 0 bridgehead atoms. The number of thiophene rings is 2. The van der Waals surface area contributed by atoms with Crippen molar-refractivity contribution in [3.8, 4) is 0 Å². The van der Waals surface area contributed by atoms with Gasteiger partial charge in [0.05, 0.1) is 15.2 Å². The van der Waals surface area contributed by atoms with Gasteiger partial charge < -0.3 is 9.90 Å². The molecule has 2 rings (SSSR count). The Kier molecular flexibility index (Phi) is 1.83. The quantitative estimate of drug-likeness (QED) is 0.733. The van der Waals surface area contributed by atoms with Crippen LogP contribution >= 0.6 is 34.3 Å². The summed E-state index contributed by atoms with van der Waals surface area (Å²) in [5.41, 5.74) is 0. The van der Waals surface area contributed by atoms with E-state index in [0.717, 1.165) is 9.40 Å². The average Bonchev–Trinajstić information content (AvgIpc) is 2.42. The number of carboxylic acid groups (broad SMARTS) is 1. The molecule has 5 heteroatoms. The fourth-order valence-corrected chi connectivity index (χ4v) is 3.29. The van der Waals surface area contributed by atoms with Gasteiger partial charge in [0.25, 0.3) is 0 Å². The summed E-state index contributed by atoms with van der Waals surface area (Å²) in [5.74, 6) is -1.13. The minimum Gasteiger partial charge on any atom is -0.544 e. The number of hydrogen-bond donors (Lipinski definition) is 0. The van der Waals surface area contributed by atoms with E-state index in [2.05, 4.69) is 0 Å². The van der Waals surface area contributed by atoms with Gasteiger partial charge in [-0.1, -0.05) is 11.6 Å². The molecule has 0 aliphatic heterocycles. The highest BCUT2D eigenvalue weighted by Gasteiger charge is 2.05. The summed E-state index contributed by atoms with van der Waals surface area (Å²) >= 11 is 8.28. The monoisotopic (exact) mass is 217 g/mol. The maximum atomic E-state index is 10.4. The molecule has 0 unspecified atom stereocenters. The molecule has 12 heavy (non-hydrogen) atoms. The van der Waals surface area contributed by atoms with E-state index in [0.29, 0.717) is 4.34 Å². The predicted octanol–water partition coefficient (Wildman–Crippen LogP) is 1.98. The summed E-state index contributed by atoms with van der Waals surface area (Å²) in [4.78, 5) is 10.7. The Morgan fingerprint density at radius 3 is 2.58 bits per heavy atom. The molecular weight excluding hydrogens is 216 g/mol. The zero-order valence-corrected chi connectivity index (χ0v) is 8.05. The molecule has 62 valence electrons. The molecule has 2 aromatic rings. The minimum atomic E-state index is -1.13. The highest BCUT2D eigenvalue weighted by molar-refractivity contribution is 7.30. The number of hydrogen-bond acceptors (Lipinski definition) is 4. The number of carboxylic acids is 1. The van der Waals surface area contributed by atoms with Crippen LogP contribution in [0.5, 0.6) is 0 Å². The summed E-state index contributed by atoms with van der Waals surface area (Å²) in [6, 6.07) is 3.35. The number of halogens is 1. The SMILES string of the molecule is O=C([O-])c1cc2sc(Cl)cc2s1. The van der Waals surface area contributed by atoms with Gasteiger partial charge in [0, 0.05) is 9.40 Å². The first kappa shape index (κ1) is 8.04. The van der Waals surface area contributed by atoms with Crippen molar-refractivity contribution < 1.29 is 9.90 Å². The third kappa shape index (κ3) is 1.22. The van der Waals surface area contributed by atoms with Crippen molar-refractivity contribution in [1.29, 1.82) is 0 Å². The van der Waals surface area contributed by atoms with Crippen LogP contribution in [0.3, 0.4) is 0 Å². The molecule has 0 saturated heterocycles. The van der Waals surface area contributed by atoms with Crippen LogP contribution in [0.4, 0.5) is 0 Å². The first-order valence-corrected chi connectivity index (χ1v) is 5.08. The van der Waals surface area contributed by atoms with Crippen LogP contribution < -0.4 is 5.11 Å². The van der Waals surface area contributed by atoms with Gasteiger partial charge in [-0.15, -0.1) is 22.7 Å². The number of aromatic carboxylic acids is 1. The molecule has 0 atom stereocenters. The zero-order chi connectivity index (χ0) is 8.72. The van der Waals surface area contributed by atoms with Crippen molar-refractivity contribution in [2.45, 2.75) is 0 Å². The Morgan fingerprint density at radius 1 is 1.33 bits per heavy atom. The van der Waals surface area contributed by atoms with E-state index in [-0.39, 0.29) is 4.88 Å². The maximum absolute atomic E-state index is 10.4. The van der Waals surface area contributed by atoms with Crippen molar-refractivity contribution in [1.82, 2.24) is 0 Å². The van der Waals surface area contributed by atoms with Crippen LogP contribution in [0.1, 0.15) is 9.67 Å². The Labute approximate surface area is 81.0 Å². The Morgan fingerprint density at radius 2 is 2.00 bits per heavy atom. The third-order valence-corrected chi connectivity index (χ3v) is 3.78. The Bertz CT molecular complexity index is 412. The fraction of sp³-hybridized carbons (Fsp3) is 0. The molecule has 0 radical (unpaired) electrons. The third-order valence-electron chi connectivity index (χ3n) is 1.38. The normalized spacial score (nSPS) is 10.8. The van der Waals surface area contributed by atoms with Gasteiger partial charge in [0.15, 0.2) is 0 Å². The van der Waals surface area contributed by atoms with Crippen molar-refractivity contribution in [3.63, 3.8) is 0 Å². The van der Waals surface area contributed by atoms with Crippen LogP contribution in [-0.4, -0.2) is 5.97 Å². The molecule has 0 aliphatic carbocycles. The summed E-state index contributed by atoms with van der Waals surface area (Å²) in [6.07, 6.45) is 0. The molecule has 0 fully saturated rings. The smallest absolute Gasteiger partial charge is 0.0949 e. The van der Waals surface area contributed by atoms with Gasteiger partial charge in [0.2, 0.25) is 0 Å². The Balaban J connectivity index is 2.64. The molecule has 0 aliphatic rings. The highest BCUT2D eigenvalue weighted by atomic mass is 35.5. The summed E-state index contributed by atoms with van der Waals surface area (Å²) in [6.45, 7) is 0. The molecule has 2 aromatic heterocycles. The summed E-state index contributed by atoms with van der Waals surface area (Å²) in [5, 5.41) is 10.4. The molecule has 2 nitrogen and oxygen atoms in total. The largest absolute Gasteiger partial charge is 0.544 e. The van der Waals surface area contributed by atoms with Gasteiger partial charge >= 0.3 is 0 Å². The molecule has 0 aromatic carbocycles. The number of rotatable bonds is 1. The molecular formula is C7H2ClO2S2-. The van der Waals surface area contributed by atoms with E-state index >= 15 is 0 Å². The minimum absolute atomic E-state index is 0.257. The van der Waals surface area contributed by atoms with E-state index < -0.39 is 5.97 Å². The van der Waals surface area contributed by atoms with Gasteiger partial charge in [-0.2, -0.15) is 0 Å². The van der Waals surface area contributed by atoms with Crippen LogP contribution in [-0.2, 0) is 0 Å². The van der Waals surface area contributed by atoms with Crippen LogP contribution in [0.15, 0.2) is 12.1 Å². The first-order valence-electron chi connectivity index (χ1n) is 3.07. The summed E-state index contributed by atoms with van der Waals surface area (Å²) in [7, 11) is 0. The lowest BCUT2D eigenvalue weighted by Crippen LogP contribution is -2.20. The summed E-state index contributed by atoms with van der Waals surface area (Å²) < 4.78 is 2.49. The highest BCUT2D eigenvalue weighted by Crippen LogP contribution is 2.35. The van der Waals surface area contributed by atoms with Crippen molar-refractivity contribution in [2.75, 3.05) is 0 Å². The molecule has 0 spiro atoms. The lowest BCUT2D eigenvalue weighted by Gasteiger charge is -1.92. The lowest BCUT2D eigenvalue weighted by atomic mass is 10.4. The molecule has 0 N–H and O–H groups in total. The van der Waals surface area contributed by atoms with Gasteiger partial charge in [-0.3, -0.25) is 0 Å². The van der Waals surface area contributed by atoms with Gasteiger partial charge in [-0.05, 0) is 12.1 Å². The number of carbonyl (C=O) groups excluding carboxylic acids is 1. The van der Waals surface area contributed by atoms with Crippen molar-refractivity contribution >= 4 is 49.6 Å². The fourth-order valence-electron chi connectivity index (χ4n) is 0.907. The van der Waals surface area contributed by atoms with Crippen molar-refractivity contribution in [2.24, 2.45) is 0 Å². The molecule has 0 saturated carbocycles. The second-order valence-electron chi connectivity index (χ2n) is 2.18. The van der Waals surface area contributed by atoms with Gasteiger partial charge in [-0.25, -0.2) is 0 Å². The molecule has 2 heterocycles. The predicted molar refractivity (Wildman–Crippen MR) is 49.0 cm³/mol. The van der Waals surface area contributed by atoms with E-state index in [1.54, 1.807) is 12.1 Å². The van der Waals surface area contributed by atoms with Crippen LogP contribution in [0.25, 0.3) is 9.40 Å². The first-order chi connectivity index (χ1) is 5.66. The van der Waals surface area contributed by atoms with E-state index in [1.165, 1.54) is 22.7 Å². The van der Waals surface area contributed by atoms with E-state index in [9.17, 15) is 9.90 Å². The van der Waals surface area contributed by atoms with Crippen LogP contribution in [0, 0.1) is 0 Å².